The molecule has 0 amide bonds. The molecule has 0 saturated carbocycles. The number of H-pyrrole nitrogens is 1. The summed E-state index contributed by atoms with van der Waals surface area (Å²) in [5, 5.41) is 6.79. The summed E-state index contributed by atoms with van der Waals surface area (Å²) in [7, 11) is 0. The molecule has 56 valence electrons. The molecule has 3 nitrogen and oxygen atoms in total. The van der Waals surface area contributed by atoms with Gasteiger partial charge in [0.15, 0.2) is 0 Å². The lowest BCUT2D eigenvalue weighted by molar-refractivity contribution is 0.640. The maximum absolute atomic E-state index is 12.9. The fourth-order valence-electron chi connectivity index (χ4n) is 1.03. The number of halogens is 1. The lowest BCUT2D eigenvalue weighted by atomic mass is 10.2. The van der Waals surface area contributed by atoms with Crippen molar-refractivity contribution in [2.24, 2.45) is 0 Å². The molecule has 1 aromatic carbocycles. The first kappa shape index (κ1) is 6.15. The Kier molecular flexibility index (Phi) is 1.09. The van der Waals surface area contributed by atoms with E-state index in [2.05, 4.69) is 10.2 Å². The fourth-order valence-corrected chi connectivity index (χ4v) is 1.03. The Labute approximate surface area is 62.0 Å². The number of hydrogen-bond donors (Lipinski definition) is 2. The number of aromatic amines is 1. The lowest BCUT2D eigenvalue weighted by Gasteiger charge is -1.93. The van der Waals surface area contributed by atoms with E-state index in [1.54, 1.807) is 6.07 Å². The number of aromatic nitrogens is 2. The van der Waals surface area contributed by atoms with Gasteiger partial charge in [-0.15, -0.1) is 0 Å². The summed E-state index contributed by atoms with van der Waals surface area (Å²) in [6.45, 7) is 0. The van der Waals surface area contributed by atoms with Crippen LogP contribution < -0.4 is 5.73 Å². The molecule has 4 heteroatoms. The minimum Gasteiger partial charge on any atom is -0.399 e. The third-order valence-electron chi connectivity index (χ3n) is 1.53. The third kappa shape index (κ3) is 0.832. The van der Waals surface area contributed by atoms with Gasteiger partial charge in [0, 0.05) is 5.69 Å². The number of nitrogens with one attached hydrogen (secondary N) is 1. The molecule has 0 aliphatic rings. The van der Waals surface area contributed by atoms with Crippen LogP contribution in [0, 0.1) is 5.82 Å². The van der Waals surface area contributed by atoms with Gasteiger partial charge in [-0.3, -0.25) is 5.10 Å². The van der Waals surface area contributed by atoms with Crippen molar-refractivity contribution in [3.63, 3.8) is 0 Å². The molecule has 11 heavy (non-hydrogen) atoms. The molecule has 0 radical (unpaired) electrons. The minimum atomic E-state index is -0.339. The largest absolute Gasteiger partial charge is 0.399 e. The highest BCUT2D eigenvalue weighted by Crippen LogP contribution is 2.18. The maximum atomic E-state index is 12.9. The predicted octanol–water partition coefficient (Wildman–Crippen LogP) is 1.28. The highest BCUT2D eigenvalue weighted by atomic mass is 19.1. The molecule has 2 aromatic rings. The monoisotopic (exact) mass is 151 g/mol. The van der Waals surface area contributed by atoms with E-state index in [1.807, 2.05) is 0 Å². The van der Waals surface area contributed by atoms with Gasteiger partial charge in [-0.05, 0) is 12.1 Å². The molecule has 0 unspecified atom stereocenters. The Morgan fingerprint density at radius 1 is 1.45 bits per heavy atom. The normalized spacial score (nSPS) is 10.6. The van der Waals surface area contributed by atoms with E-state index in [-0.39, 0.29) is 5.82 Å². The summed E-state index contributed by atoms with van der Waals surface area (Å²) in [6, 6.07) is 2.92. The van der Waals surface area contributed by atoms with E-state index in [1.165, 1.54) is 12.3 Å². The van der Waals surface area contributed by atoms with Crippen molar-refractivity contribution in [2.75, 3.05) is 5.73 Å². The lowest BCUT2D eigenvalue weighted by Crippen LogP contribution is -1.86. The van der Waals surface area contributed by atoms with Gasteiger partial charge in [-0.1, -0.05) is 0 Å². The molecule has 3 N–H and O–H groups in total. The molecule has 2 rings (SSSR count). The molecule has 1 heterocycles. The van der Waals surface area contributed by atoms with Crippen LogP contribution in [-0.2, 0) is 0 Å². The molecule has 1 aromatic heterocycles. The van der Waals surface area contributed by atoms with E-state index in [4.69, 9.17) is 5.73 Å². The summed E-state index contributed by atoms with van der Waals surface area (Å²) in [5.74, 6) is -0.339. The van der Waals surface area contributed by atoms with Crippen molar-refractivity contribution in [3.05, 3.63) is 24.1 Å². The number of rotatable bonds is 0. The summed E-state index contributed by atoms with van der Waals surface area (Å²) < 4.78 is 12.9. The molecule has 0 aliphatic heterocycles. The topological polar surface area (TPSA) is 54.7 Å². The van der Waals surface area contributed by atoms with Crippen molar-refractivity contribution in [1.82, 2.24) is 10.2 Å². The van der Waals surface area contributed by atoms with Gasteiger partial charge in [0.2, 0.25) is 0 Å². The standard InChI is InChI=1S/C7H6FN3/c8-6-1-4(9)2-7-5(6)3-10-11-7/h1-3H,9H2,(H,10,11). The van der Waals surface area contributed by atoms with Crippen LogP contribution in [-0.4, -0.2) is 10.2 Å². The molecule has 0 fully saturated rings. The summed E-state index contributed by atoms with van der Waals surface area (Å²) >= 11 is 0. The quantitative estimate of drug-likeness (QED) is 0.557. The van der Waals surface area contributed by atoms with E-state index in [0.717, 1.165) is 0 Å². The summed E-state index contributed by atoms with van der Waals surface area (Å²) in [4.78, 5) is 0. The number of nitrogens with zero attached hydrogens (tertiary/aromatic N) is 1. The smallest absolute Gasteiger partial charge is 0.136 e. The second-order valence-electron chi connectivity index (χ2n) is 2.33. The first-order valence-corrected chi connectivity index (χ1v) is 3.15. The summed E-state index contributed by atoms with van der Waals surface area (Å²) in [6.07, 6.45) is 1.43. The number of benzene rings is 1. The van der Waals surface area contributed by atoms with Gasteiger partial charge in [-0.2, -0.15) is 5.10 Å². The van der Waals surface area contributed by atoms with Crippen LogP contribution in [0.5, 0.6) is 0 Å². The summed E-state index contributed by atoms with van der Waals surface area (Å²) in [5.41, 5.74) is 6.43. The number of fused-ring (bicyclic) bond motifs is 1. The zero-order valence-electron chi connectivity index (χ0n) is 5.63. The van der Waals surface area contributed by atoms with Crippen LogP contribution in [0.15, 0.2) is 18.3 Å². The van der Waals surface area contributed by atoms with E-state index < -0.39 is 0 Å². The van der Waals surface area contributed by atoms with Crippen molar-refractivity contribution < 1.29 is 4.39 Å². The van der Waals surface area contributed by atoms with Crippen LogP contribution in [0.2, 0.25) is 0 Å². The highest BCUT2D eigenvalue weighted by Gasteiger charge is 2.02. The van der Waals surface area contributed by atoms with E-state index >= 15 is 0 Å². The predicted molar refractivity (Wildman–Crippen MR) is 40.5 cm³/mol. The zero-order chi connectivity index (χ0) is 7.84. The van der Waals surface area contributed by atoms with Gasteiger partial charge < -0.3 is 5.73 Å². The van der Waals surface area contributed by atoms with E-state index in [0.29, 0.717) is 16.6 Å². The van der Waals surface area contributed by atoms with Gasteiger partial charge in [-0.25, -0.2) is 4.39 Å². The van der Waals surface area contributed by atoms with Crippen LogP contribution in [0.4, 0.5) is 10.1 Å². The molecule has 0 saturated heterocycles. The number of nitrogen functional groups attached to an aromatic ring is 1. The van der Waals surface area contributed by atoms with Crippen LogP contribution in [0.3, 0.4) is 0 Å². The second kappa shape index (κ2) is 1.95. The van der Waals surface area contributed by atoms with Gasteiger partial charge >= 0.3 is 0 Å². The number of hydrogen-bond acceptors (Lipinski definition) is 2. The highest BCUT2D eigenvalue weighted by molar-refractivity contribution is 5.81. The van der Waals surface area contributed by atoms with Crippen LogP contribution in [0.25, 0.3) is 10.9 Å². The van der Waals surface area contributed by atoms with Crippen molar-refractivity contribution in [1.29, 1.82) is 0 Å². The van der Waals surface area contributed by atoms with Gasteiger partial charge in [0.05, 0.1) is 17.1 Å². The Hall–Kier alpha value is -1.58. The van der Waals surface area contributed by atoms with Gasteiger partial charge in [0.25, 0.3) is 0 Å². The Bertz CT molecular complexity index is 393. The zero-order valence-corrected chi connectivity index (χ0v) is 5.63. The van der Waals surface area contributed by atoms with Crippen molar-refractivity contribution >= 4 is 16.6 Å². The average molecular weight is 151 g/mol. The third-order valence-corrected chi connectivity index (χ3v) is 1.53. The van der Waals surface area contributed by atoms with Crippen molar-refractivity contribution in [3.8, 4) is 0 Å². The fraction of sp³-hybridized carbons (Fsp3) is 0. The average Bonchev–Trinajstić information content (AvgIpc) is 2.34. The molecule has 0 spiro atoms. The molecule has 0 aliphatic carbocycles. The van der Waals surface area contributed by atoms with Crippen LogP contribution in [0.1, 0.15) is 0 Å². The first-order chi connectivity index (χ1) is 5.27. The molecular formula is C7H6FN3. The second-order valence-corrected chi connectivity index (χ2v) is 2.33. The van der Waals surface area contributed by atoms with Crippen LogP contribution >= 0.6 is 0 Å². The Balaban J connectivity index is 2.91. The number of nitrogens with two attached hydrogens (primary N) is 1. The minimum absolute atomic E-state index is 0.339. The first-order valence-electron chi connectivity index (χ1n) is 3.15. The Morgan fingerprint density at radius 3 is 3.09 bits per heavy atom. The van der Waals surface area contributed by atoms with Crippen molar-refractivity contribution in [2.45, 2.75) is 0 Å². The maximum Gasteiger partial charge on any atom is 0.136 e. The van der Waals surface area contributed by atoms with E-state index in [9.17, 15) is 4.39 Å². The Morgan fingerprint density at radius 2 is 2.27 bits per heavy atom. The number of anilines is 1. The SMILES string of the molecule is Nc1cc(F)c2cn[nH]c2c1. The molecular weight excluding hydrogens is 145 g/mol. The van der Waals surface area contributed by atoms with Gasteiger partial charge in [0.1, 0.15) is 5.82 Å². The molecule has 0 bridgehead atoms. The molecule has 0 atom stereocenters.